The average Bonchev–Trinajstić information content (AvgIpc) is 2.30. The molecule has 0 aliphatic heterocycles. The zero-order valence-electron chi connectivity index (χ0n) is 8.62. The van der Waals surface area contributed by atoms with Crippen molar-refractivity contribution >= 4 is 33.3 Å². The lowest BCUT2D eigenvalue weighted by Gasteiger charge is -2.07. The topological polar surface area (TPSA) is 37.8 Å². The van der Waals surface area contributed by atoms with Gasteiger partial charge in [-0.05, 0) is 41.4 Å². The first-order valence-electron chi connectivity index (χ1n) is 4.81. The number of aromatic nitrogens is 2. The van der Waals surface area contributed by atoms with E-state index in [1.807, 2.05) is 0 Å². The van der Waals surface area contributed by atoms with Crippen LogP contribution in [0.1, 0.15) is 5.56 Å². The summed E-state index contributed by atoms with van der Waals surface area (Å²) in [6, 6.07) is 6.22. The molecular weight excluding hydrogens is 308 g/mol. The fourth-order valence-corrected chi connectivity index (χ4v) is 1.83. The molecular formula is C11H8BrClFN3. The summed E-state index contributed by atoms with van der Waals surface area (Å²) in [5.74, 6) is 0.326. The first-order valence-corrected chi connectivity index (χ1v) is 5.98. The Morgan fingerprint density at radius 3 is 2.94 bits per heavy atom. The number of nitrogens with one attached hydrogen (secondary N) is 1. The second-order valence-electron chi connectivity index (χ2n) is 3.30. The van der Waals surface area contributed by atoms with Crippen molar-refractivity contribution in [1.29, 1.82) is 0 Å². The van der Waals surface area contributed by atoms with Crippen molar-refractivity contribution in [2.24, 2.45) is 0 Å². The standard InChI is InChI=1S/C11H8BrClFN3/c12-9-2-1-8(14)5-7(9)6-16-10-3-4-15-11(13)17-10/h1-5H,6H2,(H,15,16,17). The Morgan fingerprint density at radius 2 is 2.18 bits per heavy atom. The molecule has 6 heteroatoms. The maximum atomic E-state index is 13.0. The number of anilines is 1. The van der Waals surface area contributed by atoms with Gasteiger partial charge in [0.2, 0.25) is 5.28 Å². The summed E-state index contributed by atoms with van der Waals surface area (Å²) in [6.45, 7) is 0.450. The molecule has 0 aliphatic rings. The Bertz CT molecular complexity index is 536. The highest BCUT2D eigenvalue weighted by Gasteiger charge is 2.02. The molecule has 2 aromatic rings. The van der Waals surface area contributed by atoms with E-state index in [4.69, 9.17) is 11.6 Å². The second kappa shape index (κ2) is 5.42. The molecule has 88 valence electrons. The number of rotatable bonds is 3. The van der Waals surface area contributed by atoms with Crippen LogP contribution >= 0.6 is 27.5 Å². The molecule has 0 bridgehead atoms. The minimum atomic E-state index is -0.272. The third kappa shape index (κ3) is 3.38. The van der Waals surface area contributed by atoms with Crippen molar-refractivity contribution in [2.75, 3.05) is 5.32 Å². The summed E-state index contributed by atoms with van der Waals surface area (Å²) in [7, 11) is 0. The normalized spacial score (nSPS) is 10.3. The minimum absolute atomic E-state index is 0.174. The molecule has 1 heterocycles. The highest BCUT2D eigenvalue weighted by Crippen LogP contribution is 2.19. The van der Waals surface area contributed by atoms with Crippen molar-refractivity contribution < 1.29 is 4.39 Å². The highest BCUT2D eigenvalue weighted by atomic mass is 79.9. The zero-order valence-corrected chi connectivity index (χ0v) is 11.0. The summed E-state index contributed by atoms with van der Waals surface area (Å²) in [5, 5.41) is 3.21. The van der Waals surface area contributed by atoms with Crippen molar-refractivity contribution in [3.8, 4) is 0 Å². The van der Waals surface area contributed by atoms with E-state index < -0.39 is 0 Å². The van der Waals surface area contributed by atoms with Gasteiger partial charge in [-0.1, -0.05) is 15.9 Å². The number of nitrogens with zero attached hydrogens (tertiary/aromatic N) is 2. The van der Waals surface area contributed by atoms with E-state index in [0.717, 1.165) is 10.0 Å². The molecule has 0 saturated heterocycles. The number of halogens is 3. The molecule has 3 nitrogen and oxygen atoms in total. The summed E-state index contributed by atoms with van der Waals surface area (Å²) in [5.41, 5.74) is 0.805. The Hall–Kier alpha value is -1.20. The monoisotopic (exact) mass is 315 g/mol. The summed E-state index contributed by atoms with van der Waals surface area (Å²) >= 11 is 9.00. The molecule has 0 spiro atoms. The van der Waals surface area contributed by atoms with Crippen molar-refractivity contribution in [3.63, 3.8) is 0 Å². The quantitative estimate of drug-likeness (QED) is 0.879. The molecule has 2 rings (SSSR count). The van der Waals surface area contributed by atoms with Crippen LogP contribution in [-0.4, -0.2) is 9.97 Å². The number of benzene rings is 1. The largest absolute Gasteiger partial charge is 0.366 e. The summed E-state index contributed by atoms with van der Waals surface area (Å²) in [6.07, 6.45) is 1.55. The lowest BCUT2D eigenvalue weighted by Crippen LogP contribution is -2.02. The van der Waals surface area contributed by atoms with Crippen LogP contribution in [0.25, 0.3) is 0 Å². The fraction of sp³-hybridized carbons (Fsp3) is 0.0909. The Morgan fingerprint density at radius 1 is 1.35 bits per heavy atom. The second-order valence-corrected chi connectivity index (χ2v) is 4.49. The molecule has 0 saturated carbocycles. The molecule has 0 fully saturated rings. The summed E-state index contributed by atoms with van der Waals surface area (Å²) < 4.78 is 13.9. The maximum absolute atomic E-state index is 13.0. The van der Waals surface area contributed by atoms with Gasteiger partial charge < -0.3 is 5.32 Å². The average molecular weight is 317 g/mol. The van der Waals surface area contributed by atoms with Crippen LogP contribution in [0.5, 0.6) is 0 Å². The van der Waals surface area contributed by atoms with E-state index in [1.54, 1.807) is 18.3 Å². The third-order valence-electron chi connectivity index (χ3n) is 2.09. The van der Waals surface area contributed by atoms with Gasteiger partial charge in [0.25, 0.3) is 0 Å². The first kappa shape index (κ1) is 12.3. The van der Waals surface area contributed by atoms with Gasteiger partial charge in [0, 0.05) is 17.2 Å². The molecule has 1 aromatic heterocycles. The van der Waals surface area contributed by atoms with Crippen molar-refractivity contribution in [3.05, 3.63) is 51.6 Å². The highest BCUT2D eigenvalue weighted by molar-refractivity contribution is 9.10. The maximum Gasteiger partial charge on any atom is 0.224 e. The molecule has 1 N–H and O–H groups in total. The van der Waals surface area contributed by atoms with Crippen LogP contribution in [-0.2, 0) is 6.54 Å². The molecule has 0 atom stereocenters. The zero-order chi connectivity index (χ0) is 12.3. The van der Waals surface area contributed by atoms with Crippen LogP contribution in [0.2, 0.25) is 5.28 Å². The van der Waals surface area contributed by atoms with Crippen LogP contribution in [0.15, 0.2) is 34.9 Å². The van der Waals surface area contributed by atoms with Crippen LogP contribution < -0.4 is 5.32 Å². The van der Waals surface area contributed by atoms with Gasteiger partial charge in [0.1, 0.15) is 11.6 Å². The third-order valence-corrected chi connectivity index (χ3v) is 3.05. The van der Waals surface area contributed by atoms with Crippen molar-refractivity contribution in [2.45, 2.75) is 6.54 Å². The van der Waals surface area contributed by atoms with Gasteiger partial charge in [0.15, 0.2) is 0 Å². The Labute approximate surface area is 111 Å². The predicted octanol–water partition coefficient (Wildman–Crippen LogP) is 3.64. The molecule has 1 aromatic carbocycles. The number of hydrogen-bond donors (Lipinski definition) is 1. The minimum Gasteiger partial charge on any atom is -0.366 e. The molecule has 17 heavy (non-hydrogen) atoms. The molecule has 0 aliphatic carbocycles. The van der Waals surface area contributed by atoms with E-state index in [2.05, 4.69) is 31.2 Å². The van der Waals surface area contributed by atoms with Crippen LogP contribution in [0.3, 0.4) is 0 Å². The van der Waals surface area contributed by atoms with Gasteiger partial charge in [0.05, 0.1) is 0 Å². The van der Waals surface area contributed by atoms with Gasteiger partial charge in [-0.3, -0.25) is 0 Å². The first-order chi connectivity index (χ1) is 8.15. The van der Waals surface area contributed by atoms with E-state index in [9.17, 15) is 4.39 Å². The molecule has 0 unspecified atom stereocenters. The van der Waals surface area contributed by atoms with Crippen molar-refractivity contribution in [1.82, 2.24) is 9.97 Å². The fourth-order valence-electron chi connectivity index (χ4n) is 1.30. The van der Waals surface area contributed by atoms with E-state index in [1.165, 1.54) is 12.1 Å². The summed E-state index contributed by atoms with van der Waals surface area (Å²) in [4.78, 5) is 7.75. The lowest BCUT2D eigenvalue weighted by molar-refractivity contribution is 0.625. The van der Waals surface area contributed by atoms with Crippen LogP contribution in [0, 0.1) is 5.82 Å². The predicted molar refractivity (Wildman–Crippen MR) is 68.5 cm³/mol. The van der Waals surface area contributed by atoms with E-state index in [0.29, 0.717) is 12.4 Å². The van der Waals surface area contributed by atoms with Gasteiger partial charge in [-0.2, -0.15) is 0 Å². The lowest BCUT2D eigenvalue weighted by atomic mass is 10.2. The smallest absolute Gasteiger partial charge is 0.224 e. The molecule has 0 amide bonds. The molecule has 0 radical (unpaired) electrons. The van der Waals surface area contributed by atoms with E-state index in [-0.39, 0.29) is 11.1 Å². The van der Waals surface area contributed by atoms with Gasteiger partial charge in [-0.15, -0.1) is 0 Å². The number of hydrogen-bond acceptors (Lipinski definition) is 3. The van der Waals surface area contributed by atoms with Crippen LogP contribution in [0.4, 0.5) is 10.2 Å². The SMILES string of the molecule is Fc1ccc(Br)c(CNc2ccnc(Cl)n2)c1. The Balaban J connectivity index is 2.09. The van der Waals surface area contributed by atoms with Gasteiger partial charge >= 0.3 is 0 Å². The van der Waals surface area contributed by atoms with Gasteiger partial charge in [-0.25, -0.2) is 14.4 Å². The Kier molecular flexibility index (Phi) is 3.91. The van der Waals surface area contributed by atoms with E-state index >= 15 is 0 Å².